The highest BCUT2D eigenvalue weighted by Crippen LogP contribution is 2.34. The molecule has 0 heterocycles. The Hall–Kier alpha value is -2.66. The van der Waals surface area contributed by atoms with Gasteiger partial charge in [0, 0.05) is 10.8 Å². The van der Waals surface area contributed by atoms with Crippen molar-refractivity contribution in [1.29, 1.82) is 0 Å². The predicted octanol–water partition coefficient (Wildman–Crippen LogP) is 6.81. The van der Waals surface area contributed by atoms with E-state index in [1.165, 1.54) is 5.56 Å². The molecule has 3 unspecified atom stereocenters. The Labute approximate surface area is 216 Å². The van der Waals surface area contributed by atoms with Gasteiger partial charge in [0.25, 0.3) is 6.47 Å². The summed E-state index contributed by atoms with van der Waals surface area (Å²) in [5, 5.41) is 19.8. The number of unbranched alkanes of at least 4 members (excludes halogenated alkanes) is 4. The van der Waals surface area contributed by atoms with Crippen LogP contribution in [0.25, 0.3) is 0 Å². The number of aliphatic hydroxyl groups is 1. The number of carbonyl (C=O) groups is 2. The Bertz CT molecular complexity index is 884. The van der Waals surface area contributed by atoms with Crippen molar-refractivity contribution >= 4 is 12.4 Å². The number of carboxylic acid groups (broad SMARTS) is 1. The summed E-state index contributed by atoms with van der Waals surface area (Å²) in [5.41, 5.74) is 1.69. The molecule has 0 bridgehead atoms. The smallest absolute Gasteiger partial charge is 0.304 e. The standard InChI is InChI=1S/C31H44O5/c1-30(23-29(34)35,26-15-7-3-8-16-26)21-13-5-11-19-28(33)20-12-6-14-22-31(2,24-36-25-32)27-17-9-4-10-18-27/h3-4,7-10,15-18,25,28,33H,5-6,11-14,19-24H2,1-2H3,(H,34,35). The first-order chi connectivity index (χ1) is 17.3. The van der Waals surface area contributed by atoms with E-state index in [0.717, 1.165) is 69.8 Å². The van der Waals surface area contributed by atoms with Crippen LogP contribution in [0.15, 0.2) is 60.7 Å². The maximum Gasteiger partial charge on any atom is 0.304 e. The van der Waals surface area contributed by atoms with Crippen LogP contribution in [-0.2, 0) is 25.2 Å². The van der Waals surface area contributed by atoms with Crippen molar-refractivity contribution in [2.24, 2.45) is 0 Å². The van der Waals surface area contributed by atoms with Crippen LogP contribution in [0.4, 0.5) is 0 Å². The van der Waals surface area contributed by atoms with Gasteiger partial charge in [-0.2, -0.15) is 0 Å². The second-order valence-corrected chi connectivity index (χ2v) is 10.7. The molecule has 0 fully saturated rings. The van der Waals surface area contributed by atoms with E-state index in [4.69, 9.17) is 4.74 Å². The highest BCUT2D eigenvalue weighted by molar-refractivity contribution is 5.69. The molecule has 0 spiro atoms. The molecule has 0 aliphatic heterocycles. The van der Waals surface area contributed by atoms with Crippen LogP contribution in [-0.4, -0.2) is 35.4 Å². The van der Waals surface area contributed by atoms with Gasteiger partial charge in [0.2, 0.25) is 0 Å². The number of ether oxygens (including phenoxy) is 1. The first-order valence-corrected chi connectivity index (χ1v) is 13.4. The summed E-state index contributed by atoms with van der Waals surface area (Å²) < 4.78 is 5.13. The van der Waals surface area contributed by atoms with Gasteiger partial charge in [0.05, 0.1) is 12.5 Å². The van der Waals surface area contributed by atoms with Gasteiger partial charge < -0.3 is 14.9 Å². The summed E-state index contributed by atoms with van der Waals surface area (Å²) in [6, 6.07) is 20.1. The molecule has 2 rings (SSSR count). The monoisotopic (exact) mass is 496 g/mol. The van der Waals surface area contributed by atoms with Crippen LogP contribution in [0.5, 0.6) is 0 Å². The normalized spacial score (nSPS) is 15.4. The number of aliphatic carboxylic acids is 1. The minimum Gasteiger partial charge on any atom is -0.481 e. The van der Waals surface area contributed by atoms with Crippen molar-refractivity contribution in [3.8, 4) is 0 Å². The van der Waals surface area contributed by atoms with Crippen LogP contribution in [0.1, 0.15) is 95.6 Å². The lowest BCUT2D eigenvalue weighted by molar-refractivity contribution is -0.138. The fourth-order valence-electron chi connectivity index (χ4n) is 5.16. The van der Waals surface area contributed by atoms with E-state index in [0.29, 0.717) is 13.1 Å². The number of aliphatic hydroxyl groups excluding tert-OH is 1. The number of carboxylic acids is 1. The molecule has 3 atom stereocenters. The number of carbonyl (C=O) groups excluding carboxylic acids is 1. The van der Waals surface area contributed by atoms with Crippen LogP contribution in [0.2, 0.25) is 0 Å². The maximum atomic E-state index is 11.4. The van der Waals surface area contributed by atoms with E-state index in [1.54, 1.807) is 0 Å². The molecule has 2 aromatic rings. The summed E-state index contributed by atoms with van der Waals surface area (Å²) in [4.78, 5) is 22.2. The second-order valence-electron chi connectivity index (χ2n) is 10.7. The fourth-order valence-corrected chi connectivity index (χ4v) is 5.16. The molecular weight excluding hydrogens is 452 g/mol. The highest BCUT2D eigenvalue weighted by atomic mass is 16.5. The van der Waals surface area contributed by atoms with Crippen LogP contribution in [0.3, 0.4) is 0 Å². The zero-order valence-corrected chi connectivity index (χ0v) is 22.0. The molecule has 0 aliphatic rings. The molecule has 0 saturated carbocycles. The van der Waals surface area contributed by atoms with E-state index in [9.17, 15) is 19.8 Å². The SMILES string of the molecule is CC(CCCCCC(O)CCCCCC(C)(CC(=O)O)c1ccccc1)(COC=O)c1ccccc1. The molecule has 5 nitrogen and oxygen atoms in total. The average molecular weight is 497 g/mol. The van der Waals surface area contributed by atoms with Gasteiger partial charge in [0.15, 0.2) is 0 Å². The average Bonchev–Trinajstić information content (AvgIpc) is 2.87. The van der Waals surface area contributed by atoms with Gasteiger partial charge in [-0.15, -0.1) is 0 Å². The summed E-state index contributed by atoms with van der Waals surface area (Å²) in [7, 11) is 0. The van der Waals surface area contributed by atoms with Crippen LogP contribution < -0.4 is 0 Å². The quantitative estimate of drug-likeness (QED) is 0.165. The van der Waals surface area contributed by atoms with Gasteiger partial charge in [-0.3, -0.25) is 9.59 Å². The zero-order chi connectivity index (χ0) is 26.3. The largest absolute Gasteiger partial charge is 0.481 e. The summed E-state index contributed by atoms with van der Waals surface area (Å²) in [6.45, 7) is 5.07. The van der Waals surface area contributed by atoms with Crippen molar-refractivity contribution in [3.05, 3.63) is 71.8 Å². The molecule has 5 heteroatoms. The Morgan fingerprint density at radius 1 is 0.806 bits per heavy atom. The van der Waals surface area contributed by atoms with Crippen molar-refractivity contribution in [3.63, 3.8) is 0 Å². The Balaban J connectivity index is 1.65. The van der Waals surface area contributed by atoms with Gasteiger partial charge >= 0.3 is 5.97 Å². The van der Waals surface area contributed by atoms with E-state index in [-0.39, 0.29) is 23.4 Å². The van der Waals surface area contributed by atoms with E-state index in [1.807, 2.05) is 55.5 Å². The molecule has 198 valence electrons. The van der Waals surface area contributed by atoms with Crippen LogP contribution >= 0.6 is 0 Å². The van der Waals surface area contributed by atoms with Crippen molar-refractivity contribution < 1.29 is 24.5 Å². The molecule has 0 aromatic heterocycles. The van der Waals surface area contributed by atoms with Gasteiger partial charge in [-0.25, -0.2) is 0 Å². The third kappa shape index (κ3) is 10.1. The predicted molar refractivity (Wildman–Crippen MR) is 144 cm³/mol. The molecule has 2 aromatic carbocycles. The molecule has 0 amide bonds. The van der Waals surface area contributed by atoms with E-state index in [2.05, 4.69) is 19.1 Å². The lowest BCUT2D eigenvalue weighted by Crippen LogP contribution is -2.28. The van der Waals surface area contributed by atoms with E-state index >= 15 is 0 Å². The number of rotatable bonds is 19. The minimum atomic E-state index is -0.767. The molecular formula is C31H44O5. The molecule has 0 radical (unpaired) electrons. The van der Waals surface area contributed by atoms with Crippen molar-refractivity contribution in [2.75, 3.05) is 6.61 Å². The number of hydrogen-bond donors (Lipinski definition) is 2. The molecule has 0 aliphatic carbocycles. The minimum absolute atomic E-state index is 0.129. The summed E-state index contributed by atoms with van der Waals surface area (Å²) in [5.74, 6) is -0.767. The van der Waals surface area contributed by atoms with Crippen molar-refractivity contribution in [1.82, 2.24) is 0 Å². The lowest BCUT2D eigenvalue weighted by atomic mass is 9.75. The number of hydrogen-bond acceptors (Lipinski definition) is 4. The topological polar surface area (TPSA) is 83.8 Å². The third-order valence-electron chi connectivity index (χ3n) is 7.48. The molecule has 2 N–H and O–H groups in total. The summed E-state index contributed by atoms with van der Waals surface area (Å²) in [6.07, 6.45) is 9.10. The fraction of sp³-hybridized carbons (Fsp3) is 0.548. The Morgan fingerprint density at radius 2 is 1.28 bits per heavy atom. The van der Waals surface area contributed by atoms with E-state index < -0.39 is 5.97 Å². The maximum absolute atomic E-state index is 11.4. The summed E-state index contributed by atoms with van der Waals surface area (Å²) >= 11 is 0. The molecule has 36 heavy (non-hydrogen) atoms. The highest BCUT2D eigenvalue weighted by Gasteiger charge is 2.29. The molecule has 0 saturated heterocycles. The second kappa shape index (κ2) is 15.5. The number of benzene rings is 2. The van der Waals surface area contributed by atoms with Crippen LogP contribution in [0, 0.1) is 0 Å². The third-order valence-corrected chi connectivity index (χ3v) is 7.48. The zero-order valence-electron chi connectivity index (χ0n) is 22.0. The van der Waals surface area contributed by atoms with Gasteiger partial charge in [-0.05, 0) is 36.8 Å². The van der Waals surface area contributed by atoms with Gasteiger partial charge in [-0.1, -0.05) is 113 Å². The van der Waals surface area contributed by atoms with Crippen molar-refractivity contribution in [2.45, 2.75) is 101 Å². The Kier molecular flexibility index (Phi) is 12.7. The Morgan fingerprint density at radius 3 is 1.75 bits per heavy atom. The van der Waals surface area contributed by atoms with Gasteiger partial charge in [0.1, 0.15) is 6.61 Å². The first-order valence-electron chi connectivity index (χ1n) is 13.4. The lowest BCUT2D eigenvalue weighted by Gasteiger charge is -2.29. The first kappa shape index (κ1) is 29.6.